The van der Waals surface area contributed by atoms with E-state index in [0.717, 1.165) is 38.1 Å². The van der Waals surface area contributed by atoms with Crippen molar-refractivity contribution in [2.24, 2.45) is 0 Å². The number of rotatable bonds is 3. The quantitative estimate of drug-likeness (QED) is 0.718. The molecule has 0 radical (unpaired) electrons. The lowest BCUT2D eigenvalue weighted by Gasteiger charge is -2.00. The number of nitrogen functional groups attached to an aromatic ring is 1. The number of anilines is 2. The molecule has 3 aromatic rings. The predicted octanol–water partition coefficient (Wildman–Crippen LogP) is 3.10. The number of hydrogen-bond acceptors (Lipinski definition) is 6. The second-order valence-electron chi connectivity index (χ2n) is 4.40. The SMILES string of the molecule is Cc1noc(C)c1CNc1nc2ccc(N)cc2s1. The standard InChI is InChI=1S/C13H14N4OS/c1-7-10(8(2)18-17-7)6-15-13-16-11-4-3-9(14)5-12(11)19-13/h3-5H,6,14H2,1-2H3,(H,15,16). The van der Waals surface area contributed by atoms with Crippen molar-refractivity contribution in [3.8, 4) is 0 Å². The zero-order valence-corrected chi connectivity index (χ0v) is 11.5. The van der Waals surface area contributed by atoms with Gasteiger partial charge in [0.2, 0.25) is 0 Å². The first-order valence-corrected chi connectivity index (χ1v) is 6.77. The normalized spacial score (nSPS) is 11.1. The summed E-state index contributed by atoms with van der Waals surface area (Å²) in [5.74, 6) is 0.843. The number of aromatic nitrogens is 2. The second-order valence-corrected chi connectivity index (χ2v) is 5.43. The van der Waals surface area contributed by atoms with Gasteiger partial charge in [0.15, 0.2) is 5.13 Å². The fraction of sp³-hybridized carbons (Fsp3) is 0.231. The molecule has 98 valence electrons. The van der Waals surface area contributed by atoms with Crippen LogP contribution in [0.3, 0.4) is 0 Å². The first kappa shape index (κ1) is 12.0. The topological polar surface area (TPSA) is 77.0 Å². The highest BCUT2D eigenvalue weighted by Gasteiger charge is 2.10. The lowest BCUT2D eigenvalue weighted by atomic mass is 10.2. The summed E-state index contributed by atoms with van der Waals surface area (Å²) in [6, 6.07) is 5.73. The fourth-order valence-corrected chi connectivity index (χ4v) is 2.84. The van der Waals surface area contributed by atoms with Crippen molar-refractivity contribution in [2.45, 2.75) is 20.4 Å². The van der Waals surface area contributed by atoms with Crippen LogP contribution in [0, 0.1) is 13.8 Å². The van der Waals surface area contributed by atoms with Crippen LogP contribution in [0.4, 0.5) is 10.8 Å². The molecule has 0 spiro atoms. The van der Waals surface area contributed by atoms with Gasteiger partial charge >= 0.3 is 0 Å². The van der Waals surface area contributed by atoms with Crippen molar-refractivity contribution >= 4 is 32.4 Å². The van der Waals surface area contributed by atoms with Crippen molar-refractivity contribution in [2.75, 3.05) is 11.1 Å². The van der Waals surface area contributed by atoms with Gasteiger partial charge < -0.3 is 15.6 Å². The number of thiazole rings is 1. The van der Waals surface area contributed by atoms with Crippen molar-refractivity contribution in [3.05, 3.63) is 35.2 Å². The summed E-state index contributed by atoms with van der Waals surface area (Å²) in [5.41, 5.74) is 9.47. The Morgan fingerprint density at radius 2 is 2.21 bits per heavy atom. The van der Waals surface area contributed by atoms with Crippen LogP contribution in [0.15, 0.2) is 22.7 Å². The van der Waals surface area contributed by atoms with Crippen LogP contribution in [0.5, 0.6) is 0 Å². The summed E-state index contributed by atoms with van der Waals surface area (Å²) < 4.78 is 6.22. The molecule has 6 heteroatoms. The molecule has 19 heavy (non-hydrogen) atoms. The van der Waals surface area contributed by atoms with Crippen molar-refractivity contribution in [3.63, 3.8) is 0 Å². The third kappa shape index (κ3) is 2.26. The Hall–Kier alpha value is -2.08. The number of benzene rings is 1. The van der Waals surface area contributed by atoms with Crippen LogP contribution in [-0.2, 0) is 6.54 Å². The molecule has 0 saturated carbocycles. The summed E-state index contributed by atoms with van der Waals surface area (Å²) in [4.78, 5) is 4.51. The van der Waals surface area contributed by atoms with E-state index in [2.05, 4.69) is 15.5 Å². The highest BCUT2D eigenvalue weighted by atomic mass is 32.1. The van der Waals surface area contributed by atoms with E-state index in [-0.39, 0.29) is 0 Å². The Bertz CT molecular complexity index is 712. The first-order valence-electron chi connectivity index (χ1n) is 5.95. The predicted molar refractivity (Wildman–Crippen MR) is 77.3 cm³/mol. The monoisotopic (exact) mass is 274 g/mol. The van der Waals surface area contributed by atoms with Gasteiger partial charge in [-0.15, -0.1) is 0 Å². The maximum absolute atomic E-state index is 5.76. The van der Waals surface area contributed by atoms with Gasteiger partial charge in [-0.3, -0.25) is 0 Å². The maximum atomic E-state index is 5.76. The van der Waals surface area contributed by atoms with E-state index in [9.17, 15) is 0 Å². The molecule has 2 heterocycles. The second kappa shape index (κ2) is 4.55. The minimum atomic E-state index is 0.663. The van der Waals surface area contributed by atoms with E-state index in [4.69, 9.17) is 10.3 Å². The van der Waals surface area contributed by atoms with Gasteiger partial charge in [0.1, 0.15) is 5.76 Å². The van der Waals surface area contributed by atoms with E-state index in [1.807, 2.05) is 32.0 Å². The van der Waals surface area contributed by atoms with Gasteiger partial charge in [0.25, 0.3) is 0 Å². The molecule has 5 nitrogen and oxygen atoms in total. The Kier molecular flexibility index (Phi) is 2.87. The summed E-state index contributed by atoms with van der Waals surface area (Å²) in [7, 11) is 0. The summed E-state index contributed by atoms with van der Waals surface area (Å²) >= 11 is 1.59. The molecule has 3 rings (SSSR count). The molecule has 2 aromatic heterocycles. The number of nitrogens with zero attached hydrogens (tertiary/aromatic N) is 2. The summed E-state index contributed by atoms with van der Waals surface area (Å²) in [6.07, 6.45) is 0. The molecule has 1 aromatic carbocycles. The summed E-state index contributed by atoms with van der Waals surface area (Å²) in [5, 5.41) is 8.11. The smallest absolute Gasteiger partial charge is 0.184 e. The lowest BCUT2D eigenvalue weighted by Crippen LogP contribution is -2.00. The average molecular weight is 274 g/mol. The van der Waals surface area contributed by atoms with Crippen LogP contribution in [0.2, 0.25) is 0 Å². The fourth-order valence-electron chi connectivity index (χ4n) is 1.94. The highest BCUT2D eigenvalue weighted by molar-refractivity contribution is 7.22. The molecular formula is C13H14N4OS. The van der Waals surface area contributed by atoms with Gasteiger partial charge in [-0.25, -0.2) is 4.98 Å². The minimum absolute atomic E-state index is 0.663. The van der Waals surface area contributed by atoms with Crippen LogP contribution in [0.1, 0.15) is 17.0 Å². The Labute approximate surface area is 114 Å². The van der Waals surface area contributed by atoms with Gasteiger partial charge in [-0.1, -0.05) is 16.5 Å². The van der Waals surface area contributed by atoms with Crippen LogP contribution in [0.25, 0.3) is 10.2 Å². The van der Waals surface area contributed by atoms with Crippen LogP contribution >= 0.6 is 11.3 Å². The number of nitrogens with one attached hydrogen (secondary N) is 1. The molecule has 0 amide bonds. The molecule has 0 aliphatic heterocycles. The number of fused-ring (bicyclic) bond motifs is 1. The zero-order valence-electron chi connectivity index (χ0n) is 10.7. The van der Waals surface area contributed by atoms with E-state index in [1.165, 1.54) is 0 Å². The first-order chi connectivity index (χ1) is 9.13. The number of nitrogens with two attached hydrogens (primary N) is 1. The molecule has 0 atom stereocenters. The van der Waals surface area contributed by atoms with E-state index in [0.29, 0.717) is 6.54 Å². The van der Waals surface area contributed by atoms with Gasteiger partial charge in [0.05, 0.1) is 15.9 Å². The lowest BCUT2D eigenvalue weighted by molar-refractivity contribution is 0.392. The Morgan fingerprint density at radius 3 is 2.95 bits per heavy atom. The van der Waals surface area contributed by atoms with Crippen molar-refractivity contribution in [1.82, 2.24) is 10.1 Å². The van der Waals surface area contributed by atoms with Crippen LogP contribution in [-0.4, -0.2) is 10.1 Å². The molecular weight excluding hydrogens is 260 g/mol. The Morgan fingerprint density at radius 1 is 1.37 bits per heavy atom. The number of hydrogen-bond donors (Lipinski definition) is 2. The molecule has 3 N–H and O–H groups in total. The van der Waals surface area contributed by atoms with E-state index >= 15 is 0 Å². The summed E-state index contributed by atoms with van der Waals surface area (Å²) in [6.45, 7) is 4.51. The highest BCUT2D eigenvalue weighted by Crippen LogP contribution is 2.28. The average Bonchev–Trinajstić information content (AvgIpc) is 2.91. The molecule has 0 bridgehead atoms. The molecule has 0 saturated heterocycles. The van der Waals surface area contributed by atoms with Crippen molar-refractivity contribution in [1.29, 1.82) is 0 Å². The largest absolute Gasteiger partial charge is 0.399 e. The third-order valence-corrected chi connectivity index (χ3v) is 3.99. The van der Waals surface area contributed by atoms with Gasteiger partial charge in [0, 0.05) is 17.8 Å². The Balaban J connectivity index is 1.82. The molecule has 0 fully saturated rings. The number of aryl methyl sites for hydroxylation is 2. The zero-order chi connectivity index (χ0) is 13.4. The maximum Gasteiger partial charge on any atom is 0.184 e. The minimum Gasteiger partial charge on any atom is -0.399 e. The van der Waals surface area contributed by atoms with Gasteiger partial charge in [-0.2, -0.15) is 0 Å². The van der Waals surface area contributed by atoms with E-state index < -0.39 is 0 Å². The molecule has 0 aliphatic rings. The van der Waals surface area contributed by atoms with E-state index in [1.54, 1.807) is 11.3 Å². The van der Waals surface area contributed by atoms with Crippen LogP contribution < -0.4 is 11.1 Å². The third-order valence-electron chi connectivity index (χ3n) is 3.01. The van der Waals surface area contributed by atoms with Crippen molar-refractivity contribution < 1.29 is 4.52 Å². The molecule has 0 aliphatic carbocycles. The van der Waals surface area contributed by atoms with Gasteiger partial charge in [-0.05, 0) is 32.0 Å². The molecule has 0 unspecified atom stereocenters.